The zero-order valence-electron chi connectivity index (χ0n) is 10.7. The van der Waals surface area contributed by atoms with Crippen LogP contribution in [-0.2, 0) is 19.0 Å². The third-order valence-electron chi connectivity index (χ3n) is 2.14. The monoisotopic (exact) mass is 233 g/mol. The number of carbonyl (C=O) groups is 1. The van der Waals surface area contributed by atoms with Gasteiger partial charge in [-0.2, -0.15) is 0 Å². The van der Waals surface area contributed by atoms with Crippen molar-refractivity contribution >= 4 is 5.97 Å². The molecule has 0 saturated carbocycles. The second kappa shape index (κ2) is 9.57. The number of nitrogens with zero attached hydrogens (tertiary/aromatic N) is 1. The first-order valence-electron chi connectivity index (χ1n) is 5.70. The van der Waals surface area contributed by atoms with E-state index in [0.29, 0.717) is 19.8 Å². The Labute approximate surface area is 97.7 Å². The van der Waals surface area contributed by atoms with E-state index in [9.17, 15) is 4.79 Å². The van der Waals surface area contributed by atoms with Crippen LogP contribution in [0.15, 0.2) is 0 Å². The first-order chi connectivity index (χ1) is 7.67. The number of ether oxygens (including phenoxy) is 3. The average Bonchev–Trinajstić information content (AvgIpc) is 2.28. The van der Waals surface area contributed by atoms with Gasteiger partial charge in [0.15, 0.2) is 6.29 Å². The number of hydrogen-bond donors (Lipinski definition) is 0. The molecule has 16 heavy (non-hydrogen) atoms. The summed E-state index contributed by atoms with van der Waals surface area (Å²) in [5, 5.41) is 0. The molecule has 5 heteroatoms. The smallest absolute Gasteiger partial charge is 0.319 e. The van der Waals surface area contributed by atoms with Gasteiger partial charge in [-0.15, -0.1) is 0 Å². The molecule has 0 aliphatic rings. The van der Waals surface area contributed by atoms with E-state index in [1.54, 1.807) is 0 Å². The van der Waals surface area contributed by atoms with Gasteiger partial charge in [0.25, 0.3) is 0 Å². The molecule has 0 atom stereocenters. The minimum absolute atomic E-state index is 0.242. The van der Waals surface area contributed by atoms with Crippen LogP contribution in [0, 0.1) is 0 Å². The lowest BCUT2D eigenvalue weighted by Gasteiger charge is -2.25. The van der Waals surface area contributed by atoms with E-state index in [4.69, 9.17) is 9.47 Å². The van der Waals surface area contributed by atoms with Gasteiger partial charge in [0, 0.05) is 13.2 Å². The molecule has 5 nitrogen and oxygen atoms in total. The zero-order valence-corrected chi connectivity index (χ0v) is 10.7. The topological polar surface area (TPSA) is 48.0 Å². The lowest BCUT2D eigenvalue weighted by atomic mass is 10.4. The summed E-state index contributed by atoms with van der Waals surface area (Å²) >= 11 is 0. The van der Waals surface area contributed by atoms with Crippen LogP contribution in [0.2, 0.25) is 0 Å². The summed E-state index contributed by atoms with van der Waals surface area (Å²) in [4.78, 5) is 13.1. The maximum Gasteiger partial charge on any atom is 0.319 e. The number of carbonyl (C=O) groups excluding carboxylic acids is 1. The summed E-state index contributed by atoms with van der Waals surface area (Å²) in [6.07, 6.45) is -0.278. The molecule has 96 valence electrons. The van der Waals surface area contributed by atoms with Crippen LogP contribution in [0.25, 0.3) is 0 Å². The number of methoxy groups -OCH3 is 1. The number of esters is 1. The normalized spacial score (nSPS) is 11.1. The Hall–Kier alpha value is -0.650. The largest absolute Gasteiger partial charge is 0.468 e. The molecule has 0 aliphatic carbocycles. The highest BCUT2D eigenvalue weighted by Gasteiger charge is 2.15. The van der Waals surface area contributed by atoms with Gasteiger partial charge in [0.2, 0.25) is 0 Å². The molecule has 0 saturated heterocycles. The molecule has 0 amide bonds. The van der Waals surface area contributed by atoms with Gasteiger partial charge in [-0.3, -0.25) is 9.69 Å². The highest BCUT2D eigenvalue weighted by atomic mass is 16.7. The van der Waals surface area contributed by atoms with Gasteiger partial charge in [0.05, 0.1) is 20.2 Å². The van der Waals surface area contributed by atoms with Crippen molar-refractivity contribution in [3.63, 3.8) is 0 Å². The van der Waals surface area contributed by atoms with E-state index >= 15 is 0 Å². The van der Waals surface area contributed by atoms with E-state index < -0.39 is 0 Å². The lowest BCUT2D eigenvalue weighted by molar-refractivity contribution is -0.154. The van der Waals surface area contributed by atoms with Crippen LogP contribution >= 0.6 is 0 Å². The lowest BCUT2D eigenvalue weighted by Crippen LogP contribution is -2.39. The quantitative estimate of drug-likeness (QED) is 0.437. The maximum absolute atomic E-state index is 11.1. The van der Waals surface area contributed by atoms with E-state index in [1.807, 2.05) is 25.7 Å². The molecule has 0 spiro atoms. The molecule has 0 aliphatic heterocycles. The van der Waals surface area contributed by atoms with Crippen molar-refractivity contribution in [3.8, 4) is 0 Å². The van der Waals surface area contributed by atoms with E-state index in [2.05, 4.69) is 4.74 Å². The van der Waals surface area contributed by atoms with Crippen LogP contribution in [-0.4, -0.2) is 57.1 Å². The Kier molecular flexibility index (Phi) is 9.18. The summed E-state index contributed by atoms with van der Waals surface area (Å²) in [6, 6.07) is 0. The van der Waals surface area contributed by atoms with Crippen molar-refractivity contribution in [1.29, 1.82) is 0 Å². The molecular weight excluding hydrogens is 210 g/mol. The van der Waals surface area contributed by atoms with Crippen LogP contribution in [0.5, 0.6) is 0 Å². The second-order valence-corrected chi connectivity index (χ2v) is 3.24. The molecule has 0 aromatic carbocycles. The average molecular weight is 233 g/mol. The third kappa shape index (κ3) is 6.76. The molecule has 0 radical (unpaired) electrons. The van der Waals surface area contributed by atoms with Crippen LogP contribution < -0.4 is 0 Å². The zero-order chi connectivity index (χ0) is 12.4. The van der Waals surface area contributed by atoms with Crippen molar-refractivity contribution in [2.24, 2.45) is 0 Å². The first kappa shape index (κ1) is 15.3. The van der Waals surface area contributed by atoms with Crippen LogP contribution in [0.1, 0.15) is 20.8 Å². The molecule has 0 unspecified atom stereocenters. The van der Waals surface area contributed by atoms with Gasteiger partial charge in [-0.1, -0.05) is 6.92 Å². The predicted octanol–water partition coefficient (Wildman–Crippen LogP) is 0.880. The fraction of sp³-hybridized carbons (Fsp3) is 0.909. The highest BCUT2D eigenvalue weighted by molar-refractivity contribution is 5.71. The summed E-state index contributed by atoms with van der Waals surface area (Å²) in [5.41, 5.74) is 0. The van der Waals surface area contributed by atoms with Gasteiger partial charge >= 0.3 is 5.97 Å². The van der Waals surface area contributed by atoms with Gasteiger partial charge in [-0.25, -0.2) is 0 Å². The van der Waals surface area contributed by atoms with Crippen LogP contribution in [0.4, 0.5) is 0 Å². The molecule has 0 aromatic heterocycles. The number of hydrogen-bond acceptors (Lipinski definition) is 5. The summed E-state index contributed by atoms with van der Waals surface area (Å²) in [6.45, 7) is 8.62. The van der Waals surface area contributed by atoms with Crippen molar-refractivity contribution < 1.29 is 19.0 Å². The van der Waals surface area contributed by atoms with Crippen molar-refractivity contribution in [1.82, 2.24) is 4.90 Å². The van der Waals surface area contributed by atoms with Crippen molar-refractivity contribution in [2.45, 2.75) is 27.1 Å². The SMILES string of the molecule is CCOC(CN(CC)CC(=O)OC)OCC. The third-order valence-corrected chi connectivity index (χ3v) is 2.14. The Morgan fingerprint density at radius 3 is 2.12 bits per heavy atom. The molecule has 0 bridgehead atoms. The van der Waals surface area contributed by atoms with E-state index in [1.165, 1.54) is 7.11 Å². The molecule has 0 fully saturated rings. The predicted molar refractivity (Wildman–Crippen MR) is 61.2 cm³/mol. The fourth-order valence-electron chi connectivity index (χ4n) is 1.29. The van der Waals surface area contributed by atoms with Gasteiger partial charge in [-0.05, 0) is 20.4 Å². The maximum atomic E-state index is 11.1. The summed E-state index contributed by atoms with van der Waals surface area (Å²) in [5.74, 6) is -0.242. The minimum atomic E-state index is -0.278. The fourth-order valence-corrected chi connectivity index (χ4v) is 1.29. The highest BCUT2D eigenvalue weighted by Crippen LogP contribution is 2.00. The molecule has 0 heterocycles. The van der Waals surface area contributed by atoms with Crippen molar-refractivity contribution in [2.75, 3.05) is 40.0 Å². The van der Waals surface area contributed by atoms with E-state index in [-0.39, 0.29) is 18.8 Å². The minimum Gasteiger partial charge on any atom is -0.468 e. The second-order valence-electron chi connectivity index (χ2n) is 3.24. The Morgan fingerprint density at radius 1 is 1.19 bits per heavy atom. The van der Waals surface area contributed by atoms with Gasteiger partial charge in [0.1, 0.15) is 0 Å². The number of likely N-dealkylation sites (N-methyl/N-ethyl adjacent to an activating group) is 1. The van der Waals surface area contributed by atoms with Crippen LogP contribution in [0.3, 0.4) is 0 Å². The summed E-state index contributed by atoms with van der Waals surface area (Å²) in [7, 11) is 1.39. The van der Waals surface area contributed by atoms with Gasteiger partial charge < -0.3 is 14.2 Å². The Bertz CT molecular complexity index is 181. The Balaban J connectivity index is 4.08. The first-order valence-corrected chi connectivity index (χ1v) is 5.70. The molecular formula is C11H23NO4. The molecule has 0 N–H and O–H groups in total. The van der Waals surface area contributed by atoms with E-state index in [0.717, 1.165) is 6.54 Å². The molecule has 0 rings (SSSR count). The number of rotatable bonds is 9. The Morgan fingerprint density at radius 2 is 1.75 bits per heavy atom. The standard InChI is InChI=1S/C11H23NO4/c1-5-12(8-10(13)14-4)9-11(15-6-2)16-7-3/h11H,5-9H2,1-4H3. The summed E-state index contributed by atoms with van der Waals surface area (Å²) < 4.78 is 15.4. The van der Waals surface area contributed by atoms with Crippen molar-refractivity contribution in [3.05, 3.63) is 0 Å². The molecule has 0 aromatic rings.